The van der Waals surface area contributed by atoms with Crippen molar-refractivity contribution in [2.24, 2.45) is 11.7 Å². The molecule has 1 amide bonds. The van der Waals surface area contributed by atoms with E-state index in [1.54, 1.807) is 0 Å². The Morgan fingerprint density at radius 2 is 1.34 bits per heavy atom. The Bertz CT molecular complexity index is 486. The maximum Gasteiger partial charge on any atom is 0.306 e. The molecule has 0 aromatic heterocycles. The van der Waals surface area contributed by atoms with Gasteiger partial charge in [-0.15, -0.1) is 0 Å². The molecule has 0 aliphatic carbocycles. The minimum absolute atomic E-state index is 0.171. The minimum atomic E-state index is -1.08. The normalized spacial score (nSPS) is 11.9. The van der Waals surface area contributed by atoms with Gasteiger partial charge in [-0.1, -0.05) is 70.3 Å². The lowest BCUT2D eigenvalue weighted by molar-refractivity contribution is -0.147. The molecule has 1 atom stereocenters. The summed E-state index contributed by atoms with van der Waals surface area (Å²) in [6.07, 6.45) is 22.7. The van der Waals surface area contributed by atoms with Gasteiger partial charge in [-0.3, -0.25) is 14.4 Å². The van der Waals surface area contributed by atoms with E-state index in [1.807, 2.05) is 0 Å². The van der Waals surface area contributed by atoms with E-state index in [0.717, 1.165) is 19.3 Å². The lowest BCUT2D eigenvalue weighted by atomic mass is 10.1. The number of nitrogens with two attached hydrogens (primary N) is 1. The molecule has 0 fully saturated rings. The molecule has 0 spiro atoms. The van der Waals surface area contributed by atoms with E-state index in [4.69, 9.17) is 15.9 Å². The van der Waals surface area contributed by atoms with E-state index in [9.17, 15) is 14.4 Å². The zero-order chi connectivity index (χ0) is 22.3. The van der Waals surface area contributed by atoms with Gasteiger partial charge in [-0.25, -0.2) is 0 Å². The predicted molar refractivity (Wildman–Crippen MR) is 118 cm³/mol. The van der Waals surface area contributed by atoms with Gasteiger partial charge in [0.05, 0.1) is 12.3 Å². The largest absolute Gasteiger partial charge is 0.481 e. The van der Waals surface area contributed by atoms with Gasteiger partial charge in [-0.2, -0.15) is 0 Å². The van der Waals surface area contributed by atoms with Crippen LogP contribution < -0.4 is 5.73 Å². The number of aliphatic carboxylic acids is 2. The number of unbranched alkanes of at least 4 members (excludes halogenated alkanes) is 8. The first-order chi connectivity index (χ1) is 13.8. The molecule has 6 heteroatoms. The second-order valence-electron chi connectivity index (χ2n) is 7.28. The Kier molecular flexibility index (Phi) is 22.3. The molecule has 0 rings (SSSR count). The van der Waals surface area contributed by atoms with Crippen LogP contribution >= 0.6 is 0 Å². The van der Waals surface area contributed by atoms with E-state index in [1.165, 1.54) is 58.3 Å². The summed E-state index contributed by atoms with van der Waals surface area (Å²) in [5.74, 6) is -3.11. The number of allylic oxidation sites excluding steroid dienone is 4. The van der Waals surface area contributed by atoms with Crippen LogP contribution in [0.25, 0.3) is 0 Å². The summed E-state index contributed by atoms with van der Waals surface area (Å²) in [7, 11) is 0. The summed E-state index contributed by atoms with van der Waals surface area (Å²) < 4.78 is 0. The lowest BCUT2D eigenvalue weighted by Crippen LogP contribution is -2.13. The summed E-state index contributed by atoms with van der Waals surface area (Å²) in [6.45, 7) is 3.60. The van der Waals surface area contributed by atoms with Gasteiger partial charge in [0.1, 0.15) is 0 Å². The molecule has 6 nitrogen and oxygen atoms in total. The molecule has 0 heterocycles. The second-order valence-corrected chi connectivity index (χ2v) is 7.28. The molecule has 0 aromatic rings. The molecule has 4 N–H and O–H groups in total. The third kappa shape index (κ3) is 28.2. The summed E-state index contributed by atoms with van der Waals surface area (Å²) >= 11 is 0. The number of carboxylic acids is 2. The average molecular weight is 412 g/mol. The maximum absolute atomic E-state index is 10.5. The van der Waals surface area contributed by atoms with E-state index in [0.29, 0.717) is 6.42 Å². The van der Waals surface area contributed by atoms with Gasteiger partial charge in [0.15, 0.2) is 0 Å². The highest BCUT2D eigenvalue weighted by Gasteiger charge is 2.13. The van der Waals surface area contributed by atoms with E-state index < -0.39 is 17.9 Å². The molecular weight excluding hydrogens is 370 g/mol. The number of carbonyl (C=O) groups is 3. The SMILES string of the molecule is CC(CC(=O)O)C(=O)O.CCCCC/C=C\C/C=C\CCCCCCCC(N)=O. The van der Waals surface area contributed by atoms with Gasteiger partial charge in [0.2, 0.25) is 5.91 Å². The number of carboxylic acid groups (broad SMARTS) is 2. The standard InChI is InChI=1S/C18H33NO.C5H8O4/c1-2-3-4-5-6-7-8-9-10-11-12-13-14-15-16-17-18(19)20;1-3(5(8)9)2-4(6)7/h6-7,9-10H,2-5,8,11-17H2,1H3,(H2,19,20);3H,2H2,1H3,(H,6,7)(H,8,9)/b7-6-,10-9-;. The predicted octanol–water partition coefficient (Wildman–Crippen LogP) is 5.47. The molecule has 29 heavy (non-hydrogen) atoms. The quantitative estimate of drug-likeness (QED) is 0.217. The Hall–Kier alpha value is -2.11. The van der Waals surface area contributed by atoms with Crippen LogP contribution in [0.15, 0.2) is 24.3 Å². The van der Waals surface area contributed by atoms with Crippen LogP contribution in [0, 0.1) is 5.92 Å². The molecule has 168 valence electrons. The molecule has 0 radical (unpaired) electrons. The van der Waals surface area contributed by atoms with Gasteiger partial charge in [0.25, 0.3) is 0 Å². The number of hydrogen-bond donors (Lipinski definition) is 3. The van der Waals surface area contributed by atoms with E-state index in [-0.39, 0.29) is 12.3 Å². The maximum atomic E-state index is 10.5. The topological polar surface area (TPSA) is 118 Å². The van der Waals surface area contributed by atoms with Crippen LogP contribution in [0.4, 0.5) is 0 Å². The van der Waals surface area contributed by atoms with Gasteiger partial charge in [0, 0.05) is 6.42 Å². The van der Waals surface area contributed by atoms with Gasteiger partial charge in [-0.05, 0) is 38.5 Å². The second kappa shape index (κ2) is 22.2. The molecule has 0 aliphatic rings. The van der Waals surface area contributed by atoms with Crippen molar-refractivity contribution in [1.82, 2.24) is 0 Å². The van der Waals surface area contributed by atoms with Crippen molar-refractivity contribution < 1.29 is 24.6 Å². The zero-order valence-electron chi connectivity index (χ0n) is 18.3. The Labute approximate surface area is 176 Å². The molecule has 0 saturated carbocycles. The van der Waals surface area contributed by atoms with Crippen molar-refractivity contribution in [3.05, 3.63) is 24.3 Å². The third-order valence-corrected chi connectivity index (χ3v) is 4.28. The highest BCUT2D eigenvalue weighted by molar-refractivity contribution is 5.77. The highest BCUT2D eigenvalue weighted by atomic mass is 16.4. The minimum Gasteiger partial charge on any atom is -0.481 e. The average Bonchev–Trinajstić information content (AvgIpc) is 2.64. The van der Waals surface area contributed by atoms with Gasteiger partial charge >= 0.3 is 11.9 Å². The number of rotatable bonds is 17. The van der Waals surface area contributed by atoms with Crippen molar-refractivity contribution in [2.75, 3.05) is 0 Å². The van der Waals surface area contributed by atoms with Crippen molar-refractivity contribution >= 4 is 17.8 Å². The van der Waals surface area contributed by atoms with Gasteiger partial charge < -0.3 is 15.9 Å². The van der Waals surface area contributed by atoms with Crippen LogP contribution in [-0.2, 0) is 14.4 Å². The van der Waals surface area contributed by atoms with Crippen molar-refractivity contribution in [1.29, 1.82) is 0 Å². The lowest BCUT2D eigenvalue weighted by Gasteiger charge is -1.98. The van der Waals surface area contributed by atoms with Crippen LogP contribution in [0.1, 0.15) is 97.3 Å². The summed E-state index contributed by atoms with van der Waals surface area (Å²) in [6, 6.07) is 0. The van der Waals surface area contributed by atoms with Crippen molar-refractivity contribution in [2.45, 2.75) is 97.3 Å². The molecule has 0 saturated heterocycles. The molecule has 1 unspecified atom stereocenters. The number of carbonyl (C=O) groups excluding carboxylic acids is 1. The fourth-order valence-electron chi connectivity index (χ4n) is 2.46. The van der Waals surface area contributed by atoms with Crippen LogP contribution in [-0.4, -0.2) is 28.1 Å². The summed E-state index contributed by atoms with van der Waals surface area (Å²) in [4.78, 5) is 30.4. The molecule has 0 aromatic carbocycles. The Morgan fingerprint density at radius 3 is 1.79 bits per heavy atom. The first-order valence-electron chi connectivity index (χ1n) is 10.8. The Balaban J connectivity index is 0. The van der Waals surface area contributed by atoms with Crippen molar-refractivity contribution in [3.63, 3.8) is 0 Å². The van der Waals surface area contributed by atoms with E-state index in [2.05, 4.69) is 31.2 Å². The molecular formula is C23H41NO5. The van der Waals surface area contributed by atoms with Crippen LogP contribution in [0.5, 0.6) is 0 Å². The van der Waals surface area contributed by atoms with E-state index >= 15 is 0 Å². The number of primary amides is 1. The van der Waals surface area contributed by atoms with Crippen molar-refractivity contribution in [3.8, 4) is 0 Å². The smallest absolute Gasteiger partial charge is 0.306 e. The fourth-order valence-corrected chi connectivity index (χ4v) is 2.46. The first kappa shape index (κ1) is 29.1. The number of hydrogen-bond acceptors (Lipinski definition) is 3. The van der Waals surface area contributed by atoms with Crippen LogP contribution in [0.3, 0.4) is 0 Å². The first-order valence-corrected chi connectivity index (χ1v) is 10.8. The summed E-state index contributed by atoms with van der Waals surface area (Å²) in [5.41, 5.74) is 5.09. The Morgan fingerprint density at radius 1 is 0.828 bits per heavy atom. The zero-order valence-corrected chi connectivity index (χ0v) is 18.3. The molecule has 0 bridgehead atoms. The third-order valence-electron chi connectivity index (χ3n) is 4.28. The highest BCUT2D eigenvalue weighted by Crippen LogP contribution is 2.07. The summed E-state index contributed by atoms with van der Waals surface area (Å²) in [5, 5.41) is 16.2. The molecule has 0 aliphatic heterocycles. The number of amides is 1. The van der Waals surface area contributed by atoms with Crippen LogP contribution in [0.2, 0.25) is 0 Å². The monoisotopic (exact) mass is 411 g/mol. The fraction of sp³-hybridized carbons (Fsp3) is 0.696.